The van der Waals surface area contributed by atoms with Crippen LogP contribution in [0.1, 0.15) is 38.8 Å². The van der Waals surface area contributed by atoms with Gasteiger partial charge in [-0.25, -0.2) is 14.7 Å². The van der Waals surface area contributed by atoms with Crippen molar-refractivity contribution in [1.29, 1.82) is 0 Å². The molecule has 2 aromatic carbocycles. The lowest BCUT2D eigenvalue weighted by Crippen LogP contribution is -2.31. The van der Waals surface area contributed by atoms with Crippen molar-refractivity contribution >= 4 is 17.5 Å². The van der Waals surface area contributed by atoms with E-state index in [2.05, 4.69) is 0 Å². The van der Waals surface area contributed by atoms with Gasteiger partial charge in [-0.3, -0.25) is 9.59 Å². The highest BCUT2D eigenvalue weighted by atomic mass is 17.2. The Bertz CT molecular complexity index is 866. The molecule has 0 radical (unpaired) electrons. The Kier molecular flexibility index (Phi) is 5.00. The van der Waals surface area contributed by atoms with E-state index < -0.39 is 11.2 Å². The van der Waals surface area contributed by atoms with Crippen molar-refractivity contribution in [3.8, 4) is 0 Å². The summed E-state index contributed by atoms with van der Waals surface area (Å²) in [5, 5.41) is 0. The zero-order valence-electron chi connectivity index (χ0n) is 15.9. The summed E-state index contributed by atoms with van der Waals surface area (Å²) in [5.74, 6) is -0.699. The van der Waals surface area contributed by atoms with Crippen LogP contribution in [0.4, 0.5) is 5.69 Å². The summed E-state index contributed by atoms with van der Waals surface area (Å²) >= 11 is 0. The van der Waals surface area contributed by atoms with Gasteiger partial charge in [0.2, 0.25) is 0 Å². The summed E-state index contributed by atoms with van der Waals surface area (Å²) in [4.78, 5) is 36.6. The molecule has 0 saturated carbocycles. The molecule has 1 aliphatic heterocycles. The van der Waals surface area contributed by atoms with E-state index in [1.807, 2.05) is 64.1 Å². The number of anilines is 1. The van der Waals surface area contributed by atoms with Crippen LogP contribution in [0, 0.1) is 0 Å². The molecule has 0 aliphatic carbocycles. The first-order valence-corrected chi connectivity index (χ1v) is 8.80. The minimum absolute atomic E-state index is 0.350. The molecule has 5 heteroatoms. The number of imide groups is 1. The number of benzene rings is 2. The van der Waals surface area contributed by atoms with Gasteiger partial charge in [0, 0.05) is 12.2 Å². The maximum absolute atomic E-state index is 11.9. The lowest BCUT2D eigenvalue weighted by Gasteiger charge is -2.31. The van der Waals surface area contributed by atoms with Gasteiger partial charge in [-0.2, -0.15) is 0 Å². The van der Waals surface area contributed by atoms with Crippen LogP contribution >= 0.6 is 0 Å². The molecule has 2 amide bonds. The summed E-state index contributed by atoms with van der Waals surface area (Å²) < 4.78 is 0. The van der Waals surface area contributed by atoms with Crippen LogP contribution < -0.4 is 4.90 Å². The van der Waals surface area contributed by atoms with Gasteiger partial charge in [-0.1, -0.05) is 42.5 Å². The summed E-state index contributed by atoms with van der Waals surface area (Å²) in [6, 6.07) is 17.0. The summed E-state index contributed by atoms with van der Waals surface area (Å²) in [6.45, 7) is 7.61. The first-order valence-electron chi connectivity index (χ1n) is 8.80. The predicted molar refractivity (Wildman–Crippen MR) is 103 cm³/mol. The van der Waals surface area contributed by atoms with E-state index in [1.54, 1.807) is 18.2 Å². The Morgan fingerprint density at radius 2 is 1.22 bits per heavy atom. The van der Waals surface area contributed by atoms with Gasteiger partial charge >= 0.3 is 0 Å². The van der Waals surface area contributed by atoms with E-state index in [0.717, 1.165) is 16.0 Å². The van der Waals surface area contributed by atoms with Crippen molar-refractivity contribution in [1.82, 2.24) is 0 Å². The fourth-order valence-corrected chi connectivity index (χ4v) is 2.82. The van der Waals surface area contributed by atoms with Crippen LogP contribution in [-0.4, -0.2) is 11.8 Å². The number of rotatable bonds is 6. The van der Waals surface area contributed by atoms with Gasteiger partial charge < -0.3 is 0 Å². The Labute approximate surface area is 159 Å². The van der Waals surface area contributed by atoms with E-state index >= 15 is 0 Å². The maximum atomic E-state index is 11.9. The highest BCUT2D eigenvalue weighted by Crippen LogP contribution is 2.33. The lowest BCUT2D eigenvalue weighted by atomic mass is 9.97. The quantitative estimate of drug-likeness (QED) is 0.437. The molecule has 0 fully saturated rings. The molecule has 2 aromatic rings. The molecule has 3 rings (SSSR count). The monoisotopic (exact) mass is 365 g/mol. The highest BCUT2D eigenvalue weighted by Gasteiger charge is 2.31. The standard InChI is InChI=1S/C22H23NO4/c1-21(2,16-9-6-5-7-10-16)26-27-22(3,4)17-11-8-12-18(15-17)23-19(24)13-14-20(23)25/h5-15H,1-4H3. The van der Waals surface area contributed by atoms with Gasteiger partial charge in [0.1, 0.15) is 11.2 Å². The summed E-state index contributed by atoms with van der Waals surface area (Å²) in [7, 11) is 0. The third-order valence-corrected chi connectivity index (χ3v) is 4.54. The number of carbonyl (C=O) groups is 2. The van der Waals surface area contributed by atoms with Gasteiger partial charge in [0.15, 0.2) is 0 Å². The average molecular weight is 365 g/mol. The fourth-order valence-electron chi connectivity index (χ4n) is 2.82. The molecule has 0 saturated heterocycles. The molecule has 0 unspecified atom stereocenters. The van der Waals surface area contributed by atoms with Crippen LogP contribution in [-0.2, 0) is 30.6 Å². The first kappa shape index (κ1) is 19.0. The lowest BCUT2D eigenvalue weighted by molar-refractivity contribution is -0.410. The number of nitrogens with zero attached hydrogens (tertiary/aromatic N) is 1. The van der Waals surface area contributed by atoms with Crippen molar-refractivity contribution in [3.63, 3.8) is 0 Å². The van der Waals surface area contributed by atoms with Gasteiger partial charge in [-0.05, 0) is 51.0 Å². The molecule has 140 valence electrons. The Morgan fingerprint density at radius 3 is 1.81 bits per heavy atom. The predicted octanol–water partition coefficient (Wildman–Crippen LogP) is 4.23. The van der Waals surface area contributed by atoms with Crippen LogP contribution in [0.25, 0.3) is 0 Å². The zero-order valence-corrected chi connectivity index (χ0v) is 15.9. The number of carbonyl (C=O) groups excluding carboxylic acids is 2. The summed E-state index contributed by atoms with van der Waals surface area (Å²) in [5.41, 5.74) is 0.860. The normalized spacial score (nSPS) is 14.9. The largest absolute Gasteiger partial charge is 0.269 e. The Hall–Kier alpha value is -2.76. The maximum Gasteiger partial charge on any atom is 0.258 e. The summed E-state index contributed by atoms with van der Waals surface area (Å²) in [6.07, 6.45) is 2.53. The van der Waals surface area contributed by atoms with E-state index in [1.165, 1.54) is 12.2 Å². The van der Waals surface area contributed by atoms with Gasteiger partial charge in [0.05, 0.1) is 5.69 Å². The van der Waals surface area contributed by atoms with Crippen LogP contribution in [0.2, 0.25) is 0 Å². The third kappa shape index (κ3) is 3.99. The molecule has 0 aromatic heterocycles. The van der Waals surface area contributed by atoms with Crippen molar-refractivity contribution in [2.75, 3.05) is 4.90 Å². The minimum atomic E-state index is -0.790. The molecule has 1 heterocycles. The number of amides is 2. The van der Waals surface area contributed by atoms with Gasteiger partial charge in [-0.15, -0.1) is 0 Å². The van der Waals surface area contributed by atoms with Crippen LogP contribution in [0.15, 0.2) is 66.7 Å². The Morgan fingerprint density at radius 1 is 0.704 bits per heavy atom. The second kappa shape index (κ2) is 7.10. The second-order valence-corrected chi connectivity index (χ2v) is 7.45. The van der Waals surface area contributed by atoms with E-state index in [-0.39, 0.29) is 11.8 Å². The molecular formula is C22H23NO4. The number of hydrogen-bond acceptors (Lipinski definition) is 4. The van der Waals surface area contributed by atoms with Crippen molar-refractivity contribution in [2.45, 2.75) is 38.9 Å². The van der Waals surface area contributed by atoms with E-state index in [0.29, 0.717) is 5.69 Å². The van der Waals surface area contributed by atoms with Crippen molar-refractivity contribution in [3.05, 3.63) is 77.9 Å². The molecule has 1 aliphatic rings. The molecule has 0 bridgehead atoms. The second-order valence-electron chi connectivity index (χ2n) is 7.45. The molecule has 0 spiro atoms. The van der Waals surface area contributed by atoms with Crippen LogP contribution in [0.5, 0.6) is 0 Å². The Balaban J connectivity index is 1.78. The smallest absolute Gasteiger partial charge is 0.258 e. The zero-order chi connectivity index (χ0) is 19.7. The molecular weight excluding hydrogens is 342 g/mol. The minimum Gasteiger partial charge on any atom is -0.269 e. The third-order valence-electron chi connectivity index (χ3n) is 4.54. The van der Waals surface area contributed by atoms with Crippen LogP contribution in [0.3, 0.4) is 0 Å². The first-order chi connectivity index (χ1) is 12.7. The average Bonchev–Trinajstić information content (AvgIpc) is 2.99. The van der Waals surface area contributed by atoms with Crippen molar-refractivity contribution in [2.24, 2.45) is 0 Å². The topological polar surface area (TPSA) is 55.8 Å². The van der Waals surface area contributed by atoms with Gasteiger partial charge in [0.25, 0.3) is 11.8 Å². The number of hydrogen-bond donors (Lipinski definition) is 0. The van der Waals surface area contributed by atoms with Crippen molar-refractivity contribution < 1.29 is 19.4 Å². The molecule has 5 nitrogen and oxygen atoms in total. The molecule has 27 heavy (non-hydrogen) atoms. The molecule has 0 atom stereocenters. The highest BCUT2D eigenvalue weighted by molar-refractivity contribution is 6.28. The fraction of sp³-hybridized carbons (Fsp3) is 0.273. The van der Waals surface area contributed by atoms with E-state index in [9.17, 15) is 9.59 Å². The van der Waals surface area contributed by atoms with E-state index in [4.69, 9.17) is 9.78 Å². The molecule has 0 N–H and O–H groups in total. The SMILES string of the molecule is CC(C)(OOC(C)(C)c1cccc(N2C(=O)C=CC2=O)c1)c1ccccc1.